The maximum atomic E-state index is 11.7. The highest BCUT2D eigenvalue weighted by molar-refractivity contribution is 6.03. The van der Waals surface area contributed by atoms with E-state index in [0.29, 0.717) is 17.5 Å². The van der Waals surface area contributed by atoms with Gasteiger partial charge in [-0.1, -0.05) is 0 Å². The van der Waals surface area contributed by atoms with Crippen molar-refractivity contribution in [2.24, 2.45) is 7.05 Å². The van der Waals surface area contributed by atoms with E-state index in [1.165, 1.54) is 0 Å². The minimum atomic E-state index is -0.961. The molecular weight excluding hydrogens is 194 g/mol. The van der Waals surface area contributed by atoms with Gasteiger partial charge in [-0.15, -0.1) is 0 Å². The van der Waals surface area contributed by atoms with Gasteiger partial charge in [0.25, 0.3) is 0 Å². The Balaban J connectivity index is 2.72. The second kappa shape index (κ2) is 3.22. The number of carboxylic acid groups (broad SMARTS) is 1. The molecule has 0 amide bonds. The molecule has 0 radical (unpaired) electrons. The number of rotatable bonds is 1. The summed E-state index contributed by atoms with van der Waals surface area (Å²) in [4.78, 5) is 22.7. The molecule has 80 valence electrons. The summed E-state index contributed by atoms with van der Waals surface area (Å²) in [6.07, 6.45) is 2.16. The minimum absolute atomic E-state index is 0.0804. The van der Waals surface area contributed by atoms with Gasteiger partial charge in [0, 0.05) is 24.7 Å². The topological polar surface area (TPSA) is 59.3 Å². The monoisotopic (exact) mass is 207 g/mol. The summed E-state index contributed by atoms with van der Waals surface area (Å²) in [5, 5.41) is 9.05. The van der Waals surface area contributed by atoms with E-state index in [4.69, 9.17) is 5.11 Å². The number of nitrogens with zero attached hydrogens (tertiary/aromatic N) is 1. The predicted molar refractivity (Wildman–Crippen MR) is 54.4 cm³/mol. The summed E-state index contributed by atoms with van der Waals surface area (Å²) < 4.78 is 1.64. The Bertz CT molecular complexity index is 457. The van der Waals surface area contributed by atoms with E-state index in [1.54, 1.807) is 18.5 Å². The zero-order valence-corrected chi connectivity index (χ0v) is 8.83. The zero-order chi connectivity index (χ0) is 11.2. The summed E-state index contributed by atoms with van der Waals surface area (Å²) in [5.74, 6) is -0.881. The number of carbonyl (C=O) groups is 2. The maximum Gasteiger partial charge on any atom is 0.352 e. The average molecular weight is 207 g/mol. The summed E-state index contributed by atoms with van der Waals surface area (Å²) in [5.41, 5.74) is 2.38. The van der Waals surface area contributed by atoms with Gasteiger partial charge in [0.2, 0.25) is 0 Å². The summed E-state index contributed by atoms with van der Waals surface area (Å²) in [6.45, 7) is 1.71. The van der Waals surface area contributed by atoms with E-state index < -0.39 is 5.97 Å². The highest BCUT2D eigenvalue weighted by Gasteiger charge is 2.28. The Morgan fingerprint density at radius 3 is 2.60 bits per heavy atom. The molecular formula is C11H13NO3. The van der Waals surface area contributed by atoms with Crippen LogP contribution in [-0.2, 0) is 13.5 Å². The van der Waals surface area contributed by atoms with Crippen LogP contribution in [0.3, 0.4) is 0 Å². The van der Waals surface area contributed by atoms with Crippen molar-refractivity contribution in [3.8, 4) is 0 Å². The van der Waals surface area contributed by atoms with Crippen LogP contribution in [-0.4, -0.2) is 21.4 Å². The zero-order valence-electron chi connectivity index (χ0n) is 8.83. The van der Waals surface area contributed by atoms with Crippen LogP contribution < -0.4 is 0 Å². The molecule has 0 saturated heterocycles. The van der Waals surface area contributed by atoms with Crippen molar-refractivity contribution < 1.29 is 14.7 Å². The first kappa shape index (κ1) is 9.96. The smallest absolute Gasteiger partial charge is 0.352 e. The number of aromatic nitrogens is 1. The minimum Gasteiger partial charge on any atom is -0.477 e. The average Bonchev–Trinajstić information content (AvgIpc) is 2.40. The summed E-state index contributed by atoms with van der Waals surface area (Å²) in [7, 11) is 1.72. The van der Waals surface area contributed by atoms with E-state index in [2.05, 4.69) is 0 Å². The number of Topliss-reactive ketones (excluding diaryl/α,β-unsaturated/α-hetero) is 1. The Morgan fingerprint density at radius 1 is 1.40 bits per heavy atom. The first-order valence-corrected chi connectivity index (χ1v) is 4.98. The van der Waals surface area contributed by atoms with E-state index in [9.17, 15) is 9.59 Å². The molecule has 0 saturated carbocycles. The number of carbonyl (C=O) groups excluding carboxylic acids is 1. The normalized spacial score (nSPS) is 15.2. The fourth-order valence-corrected chi connectivity index (χ4v) is 2.40. The molecule has 0 atom stereocenters. The Hall–Kier alpha value is -1.58. The molecule has 0 aromatic carbocycles. The molecule has 0 aliphatic heterocycles. The highest BCUT2D eigenvalue weighted by atomic mass is 16.4. The molecule has 1 aromatic heterocycles. The van der Waals surface area contributed by atoms with Crippen molar-refractivity contribution in [3.63, 3.8) is 0 Å². The molecule has 4 nitrogen and oxygen atoms in total. The molecule has 1 N–H and O–H groups in total. The molecule has 1 aliphatic carbocycles. The molecule has 0 fully saturated rings. The second-order valence-electron chi connectivity index (χ2n) is 3.94. The van der Waals surface area contributed by atoms with Gasteiger partial charge in [0.05, 0.1) is 0 Å². The van der Waals surface area contributed by atoms with Crippen LogP contribution in [0.1, 0.15) is 44.9 Å². The fourth-order valence-electron chi connectivity index (χ4n) is 2.40. The predicted octanol–water partition coefficient (Wildman–Crippen LogP) is 1.55. The van der Waals surface area contributed by atoms with E-state index in [-0.39, 0.29) is 11.5 Å². The first-order chi connectivity index (χ1) is 7.04. The maximum absolute atomic E-state index is 11.7. The van der Waals surface area contributed by atoms with Gasteiger partial charge in [0.15, 0.2) is 5.78 Å². The van der Waals surface area contributed by atoms with Crippen LogP contribution in [0.25, 0.3) is 0 Å². The van der Waals surface area contributed by atoms with Crippen molar-refractivity contribution in [2.75, 3.05) is 0 Å². The largest absolute Gasteiger partial charge is 0.477 e. The third kappa shape index (κ3) is 1.28. The number of carboxylic acids is 1. The van der Waals surface area contributed by atoms with Crippen molar-refractivity contribution in [3.05, 3.63) is 22.5 Å². The van der Waals surface area contributed by atoms with Gasteiger partial charge < -0.3 is 9.67 Å². The standard InChI is InChI=1S/C11H13NO3/c1-6-9-7(4-3-5-8(9)13)12(2)10(6)11(14)15/h3-5H2,1-2H3,(H,14,15). The lowest BCUT2D eigenvalue weighted by molar-refractivity contribution is 0.0685. The lowest BCUT2D eigenvalue weighted by Gasteiger charge is -2.12. The molecule has 1 heterocycles. The highest BCUT2D eigenvalue weighted by Crippen LogP contribution is 2.28. The fraction of sp³-hybridized carbons (Fsp3) is 0.455. The molecule has 15 heavy (non-hydrogen) atoms. The van der Waals surface area contributed by atoms with Crippen LogP contribution in [0.5, 0.6) is 0 Å². The van der Waals surface area contributed by atoms with Crippen LogP contribution in [0.4, 0.5) is 0 Å². The Morgan fingerprint density at radius 2 is 2.07 bits per heavy atom. The number of hydrogen-bond acceptors (Lipinski definition) is 2. The van der Waals surface area contributed by atoms with Crippen LogP contribution in [0.2, 0.25) is 0 Å². The van der Waals surface area contributed by atoms with E-state index in [1.807, 2.05) is 0 Å². The third-order valence-electron chi connectivity index (χ3n) is 3.06. The van der Waals surface area contributed by atoms with Crippen molar-refractivity contribution >= 4 is 11.8 Å². The van der Waals surface area contributed by atoms with Crippen molar-refractivity contribution in [1.82, 2.24) is 4.57 Å². The molecule has 2 rings (SSSR count). The summed E-state index contributed by atoms with van der Waals surface area (Å²) >= 11 is 0. The Kier molecular flexibility index (Phi) is 2.14. The number of ketones is 1. The lowest BCUT2D eigenvalue weighted by atomic mass is 9.94. The van der Waals surface area contributed by atoms with Crippen LogP contribution in [0, 0.1) is 6.92 Å². The number of aromatic carboxylic acids is 1. The SMILES string of the molecule is Cc1c2c(n(C)c1C(=O)O)CCCC2=O. The molecule has 1 aromatic rings. The molecule has 0 unspecified atom stereocenters. The van der Waals surface area contributed by atoms with Crippen LogP contribution >= 0.6 is 0 Å². The van der Waals surface area contributed by atoms with Gasteiger partial charge >= 0.3 is 5.97 Å². The number of fused-ring (bicyclic) bond motifs is 1. The quantitative estimate of drug-likeness (QED) is 0.760. The van der Waals surface area contributed by atoms with E-state index >= 15 is 0 Å². The van der Waals surface area contributed by atoms with Crippen molar-refractivity contribution in [2.45, 2.75) is 26.2 Å². The molecule has 1 aliphatic rings. The number of hydrogen-bond donors (Lipinski definition) is 1. The van der Waals surface area contributed by atoms with Gasteiger partial charge in [-0.3, -0.25) is 4.79 Å². The summed E-state index contributed by atoms with van der Waals surface area (Å²) in [6, 6.07) is 0. The van der Waals surface area contributed by atoms with E-state index in [0.717, 1.165) is 18.5 Å². The molecule has 0 bridgehead atoms. The molecule has 0 spiro atoms. The lowest BCUT2D eigenvalue weighted by Crippen LogP contribution is -2.12. The first-order valence-electron chi connectivity index (χ1n) is 4.98. The Labute approximate surface area is 87.5 Å². The van der Waals surface area contributed by atoms with Gasteiger partial charge in [-0.25, -0.2) is 4.79 Å². The van der Waals surface area contributed by atoms with Crippen LogP contribution in [0.15, 0.2) is 0 Å². The van der Waals surface area contributed by atoms with Crippen molar-refractivity contribution in [1.29, 1.82) is 0 Å². The van der Waals surface area contributed by atoms with Gasteiger partial charge in [-0.2, -0.15) is 0 Å². The van der Waals surface area contributed by atoms with Gasteiger partial charge in [-0.05, 0) is 25.3 Å². The second-order valence-corrected chi connectivity index (χ2v) is 3.94. The van der Waals surface area contributed by atoms with Gasteiger partial charge in [0.1, 0.15) is 5.69 Å². The third-order valence-corrected chi connectivity index (χ3v) is 3.06. The molecule has 4 heteroatoms.